The molecule has 1 unspecified atom stereocenters. The van der Waals surface area contributed by atoms with Crippen molar-refractivity contribution in [2.45, 2.75) is 16.6 Å². The minimum absolute atomic E-state index is 0.00856. The minimum Gasteiger partial charge on any atom is -0.495 e. The number of rotatable bonds is 5. The van der Waals surface area contributed by atoms with E-state index in [0.717, 1.165) is 4.90 Å². The van der Waals surface area contributed by atoms with E-state index in [1.807, 2.05) is 6.07 Å². The van der Waals surface area contributed by atoms with Gasteiger partial charge in [-0.2, -0.15) is 0 Å². The third kappa shape index (κ3) is 4.43. The molecule has 0 radical (unpaired) electrons. The first-order chi connectivity index (χ1) is 12.9. The Bertz CT molecular complexity index is 907. The second-order valence-corrected chi connectivity index (χ2v) is 7.76. The zero-order chi connectivity index (χ0) is 19.6. The Morgan fingerprint density at radius 3 is 2.63 bits per heavy atom. The average Bonchev–Trinajstić information content (AvgIpc) is 2.62. The van der Waals surface area contributed by atoms with E-state index in [4.69, 9.17) is 32.7 Å². The summed E-state index contributed by atoms with van der Waals surface area (Å²) in [7, 11) is 2.97. The number of hydrogen-bond acceptors (Lipinski definition) is 5. The van der Waals surface area contributed by atoms with Gasteiger partial charge in [0.2, 0.25) is 11.8 Å². The van der Waals surface area contributed by atoms with Crippen LogP contribution in [0.4, 0.5) is 11.4 Å². The van der Waals surface area contributed by atoms with Gasteiger partial charge in [-0.3, -0.25) is 9.59 Å². The lowest BCUT2D eigenvalue weighted by molar-refractivity contribution is -0.120. The number of thioether (sulfide) groups is 1. The van der Waals surface area contributed by atoms with Gasteiger partial charge < -0.3 is 20.1 Å². The van der Waals surface area contributed by atoms with Crippen LogP contribution >= 0.6 is 35.0 Å². The summed E-state index contributed by atoms with van der Waals surface area (Å²) in [6.07, 6.45) is -0.00856. The van der Waals surface area contributed by atoms with Crippen molar-refractivity contribution >= 4 is 58.2 Å². The van der Waals surface area contributed by atoms with Crippen molar-refractivity contribution in [2.24, 2.45) is 0 Å². The summed E-state index contributed by atoms with van der Waals surface area (Å²) < 4.78 is 10.4. The lowest BCUT2D eigenvalue weighted by Crippen LogP contribution is -2.32. The Balaban J connectivity index is 1.72. The van der Waals surface area contributed by atoms with Gasteiger partial charge in [0.1, 0.15) is 11.5 Å². The molecule has 6 nitrogen and oxygen atoms in total. The number of benzene rings is 2. The Labute approximate surface area is 170 Å². The molecule has 1 atom stereocenters. The summed E-state index contributed by atoms with van der Waals surface area (Å²) in [5.74, 6) is 0.263. The Morgan fingerprint density at radius 1 is 1.19 bits per heavy atom. The Hall–Kier alpha value is -2.09. The van der Waals surface area contributed by atoms with E-state index in [1.165, 1.54) is 26.0 Å². The summed E-state index contributed by atoms with van der Waals surface area (Å²) in [5, 5.41) is 5.83. The molecule has 0 saturated carbocycles. The maximum Gasteiger partial charge on any atom is 0.238 e. The van der Waals surface area contributed by atoms with Crippen molar-refractivity contribution in [3.8, 4) is 11.5 Å². The minimum atomic E-state index is -0.557. The Kier molecular flexibility index (Phi) is 6.04. The smallest absolute Gasteiger partial charge is 0.238 e. The second-order valence-electron chi connectivity index (χ2n) is 5.68. The van der Waals surface area contributed by atoms with E-state index >= 15 is 0 Å². The van der Waals surface area contributed by atoms with Gasteiger partial charge >= 0.3 is 0 Å². The number of hydrogen-bond donors (Lipinski definition) is 2. The number of nitrogens with one attached hydrogen (secondary N) is 2. The normalized spacial score (nSPS) is 15.6. The molecule has 9 heteroatoms. The van der Waals surface area contributed by atoms with Crippen molar-refractivity contribution < 1.29 is 19.1 Å². The molecule has 3 rings (SSSR count). The number of halogens is 2. The first-order valence-electron chi connectivity index (χ1n) is 7.89. The summed E-state index contributed by atoms with van der Waals surface area (Å²) in [5.41, 5.74) is 1.06. The number of amides is 2. The highest BCUT2D eigenvalue weighted by Crippen LogP contribution is 2.39. The molecule has 1 heterocycles. The van der Waals surface area contributed by atoms with Crippen LogP contribution in [0.5, 0.6) is 11.5 Å². The molecular weight excluding hydrogens is 411 g/mol. The number of ether oxygens (including phenoxy) is 2. The summed E-state index contributed by atoms with van der Waals surface area (Å²) in [6.45, 7) is 0. The van der Waals surface area contributed by atoms with Gasteiger partial charge in [-0.25, -0.2) is 0 Å². The lowest BCUT2D eigenvalue weighted by atomic mass is 10.2. The van der Waals surface area contributed by atoms with Gasteiger partial charge in [0, 0.05) is 22.4 Å². The molecule has 0 aromatic heterocycles. The van der Waals surface area contributed by atoms with Crippen molar-refractivity contribution in [3.63, 3.8) is 0 Å². The predicted molar refractivity (Wildman–Crippen MR) is 108 cm³/mol. The topological polar surface area (TPSA) is 76.7 Å². The van der Waals surface area contributed by atoms with E-state index in [9.17, 15) is 9.59 Å². The lowest BCUT2D eigenvalue weighted by Gasteiger charge is -2.24. The summed E-state index contributed by atoms with van der Waals surface area (Å²) in [6, 6.07) is 8.37. The molecule has 0 aliphatic carbocycles. The van der Waals surface area contributed by atoms with Gasteiger partial charge in [0.05, 0.1) is 35.9 Å². The molecule has 0 spiro atoms. The molecule has 1 aliphatic heterocycles. The van der Waals surface area contributed by atoms with E-state index in [0.29, 0.717) is 32.9 Å². The standard InChI is InChI=1S/C18H16Cl2N2O4S/c1-25-13-7-14(26-2)11(6-10(13)20)21-17(23)8-16-18(24)22-12-5-9(19)3-4-15(12)27-16/h3-7,16H,8H2,1-2H3,(H,21,23)(H,22,24). The highest BCUT2D eigenvalue weighted by atomic mass is 35.5. The molecule has 27 heavy (non-hydrogen) atoms. The van der Waals surface area contributed by atoms with Gasteiger partial charge in [0.15, 0.2) is 0 Å². The van der Waals surface area contributed by atoms with Crippen molar-refractivity contribution in [3.05, 3.63) is 40.4 Å². The first kappa shape index (κ1) is 19.7. The number of fused-ring (bicyclic) bond motifs is 1. The molecule has 142 valence electrons. The van der Waals surface area contributed by atoms with Crippen LogP contribution in [-0.4, -0.2) is 31.3 Å². The van der Waals surface area contributed by atoms with Gasteiger partial charge in [-0.05, 0) is 24.3 Å². The van der Waals surface area contributed by atoms with Crippen molar-refractivity contribution in [1.29, 1.82) is 0 Å². The summed E-state index contributed by atoms with van der Waals surface area (Å²) in [4.78, 5) is 25.6. The Morgan fingerprint density at radius 2 is 1.93 bits per heavy atom. The van der Waals surface area contributed by atoms with E-state index in [-0.39, 0.29) is 18.2 Å². The highest BCUT2D eigenvalue weighted by Gasteiger charge is 2.29. The third-order valence-corrected chi connectivity index (χ3v) is 5.69. The largest absolute Gasteiger partial charge is 0.495 e. The SMILES string of the molecule is COc1cc(OC)c(NC(=O)CC2Sc3ccc(Cl)cc3NC2=O)cc1Cl. The van der Waals surface area contributed by atoms with Crippen LogP contribution in [0.1, 0.15) is 6.42 Å². The third-order valence-electron chi connectivity index (χ3n) is 3.88. The highest BCUT2D eigenvalue weighted by molar-refractivity contribution is 8.01. The number of carbonyl (C=O) groups excluding carboxylic acids is 2. The first-order valence-corrected chi connectivity index (χ1v) is 9.53. The number of anilines is 2. The number of carbonyl (C=O) groups is 2. The van der Waals surface area contributed by atoms with Crippen LogP contribution in [0.3, 0.4) is 0 Å². The average molecular weight is 427 g/mol. The molecular formula is C18H16Cl2N2O4S. The van der Waals surface area contributed by atoms with E-state index in [2.05, 4.69) is 10.6 Å². The molecule has 2 aromatic carbocycles. The van der Waals surface area contributed by atoms with Crippen molar-refractivity contribution in [2.75, 3.05) is 24.9 Å². The zero-order valence-corrected chi connectivity index (χ0v) is 16.8. The van der Waals surface area contributed by atoms with Crippen LogP contribution in [0.15, 0.2) is 35.2 Å². The summed E-state index contributed by atoms with van der Waals surface area (Å²) >= 11 is 13.4. The molecule has 2 amide bonds. The van der Waals surface area contributed by atoms with Crippen LogP contribution in [-0.2, 0) is 9.59 Å². The van der Waals surface area contributed by atoms with Crippen LogP contribution in [0.25, 0.3) is 0 Å². The fourth-order valence-corrected chi connectivity index (χ4v) is 4.09. The van der Waals surface area contributed by atoms with Crippen LogP contribution in [0, 0.1) is 0 Å². The van der Waals surface area contributed by atoms with Crippen LogP contribution in [0.2, 0.25) is 10.0 Å². The monoisotopic (exact) mass is 426 g/mol. The molecule has 0 fully saturated rings. The quantitative estimate of drug-likeness (QED) is 0.737. The van der Waals surface area contributed by atoms with E-state index < -0.39 is 5.25 Å². The molecule has 0 bridgehead atoms. The van der Waals surface area contributed by atoms with Gasteiger partial charge in [0.25, 0.3) is 0 Å². The zero-order valence-electron chi connectivity index (χ0n) is 14.5. The number of methoxy groups -OCH3 is 2. The fraction of sp³-hybridized carbons (Fsp3) is 0.222. The van der Waals surface area contributed by atoms with E-state index in [1.54, 1.807) is 24.3 Å². The molecule has 2 aromatic rings. The maximum absolute atomic E-state index is 12.5. The molecule has 1 aliphatic rings. The van der Waals surface area contributed by atoms with Crippen molar-refractivity contribution in [1.82, 2.24) is 0 Å². The van der Waals surface area contributed by atoms with Gasteiger partial charge in [-0.1, -0.05) is 23.2 Å². The molecule has 0 saturated heterocycles. The fourth-order valence-electron chi connectivity index (χ4n) is 2.58. The van der Waals surface area contributed by atoms with Crippen LogP contribution < -0.4 is 20.1 Å². The second kappa shape index (κ2) is 8.29. The maximum atomic E-state index is 12.5. The molecule has 2 N–H and O–H groups in total. The predicted octanol–water partition coefficient (Wildman–Crippen LogP) is 4.45. The van der Waals surface area contributed by atoms with Gasteiger partial charge in [-0.15, -0.1) is 11.8 Å².